The number of aliphatic imine (C=N–C) groups is 2. The first-order chi connectivity index (χ1) is 15.2. The lowest BCUT2D eigenvalue weighted by Gasteiger charge is -2.33. The van der Waals surface area contributed by atoms with Gasteiger partial charge in [-0.05, 0) is 51.4 Å². The van der Waals surface area contributed by atoms with E-state index >= 15 is 0 Å². The predicted octanol–water partition coefficient (Wildman–Crippen LogP) is 4.87. The van der Waals surface area contributed by atoms with Crippen molar-refractivity contribution in [2.75, 3.05) is 34.2 Å². The molecule has 2 aliphatic heterocycles. The Morgan fingerprint density at radius 2 is 1.78 bits per heavy atom. The normalized spacial score (nSPS) is 18.3. The number of guanidine groups is 1. The maximum Gasteiger partial charge on any atom is 0.248 e. The zero-order valence-electron chi connectivity index (χ0n) is 21.5. The van der Waals surface area contributed by atoms with Crippen LogP contribution in [-0.2, 0) is 6.42 Å². The minimum atomic E-state index is 0.275. The zero-order chi connectivity index (χ0) is 23.9. The molecule has 0 atom stereocenters. The highest BCUT2D eigenvalue weighted by Gasteiger charge is 2.32. The largest absolute Gasteiger partial charge is 0.324 e. The monoisotopic (exact) mass is 438 g/mol. The summed E-state index contributed by atoms with van der Waals surface area (Å²) in [5.74, 6) is 2.56. The number of likely N-dealkylation sites (N-methyl/N-ethyl adjacent to an activating group) is 1. The van der Waals surface area contributed by atoms with Gasteiger partial charge >= 0.3 is 0 Å². The number of benzene rings is 1. The summed E-state index contributed by atoms with van der Waals surface area (Å²) in [7, 11) is 6.22. The van der Waals surface area contributed by atoms with Crippen LogP contribution in [0.4, 0.5) is 0 Å². The van der Waals surface area contributed by atoms with Gasteiger partial charge in [0.1, 0.15) is 11.7 Å². The first-order valence-electron chi connectivity index (χ1n) is 11.7. The van der Waals surface area contributed by atoms with Crippen LogP contribution in [0.5, 0.6) is 0 Å². The van der Waals surface area contributed by atoms with Gasteiger partial charge in [0.25, 0.3) is 0 Å². The van der Waals surface area contributed by atoms with Crippen molar-refractivity contribution in [2.45, 2.75) is 54.4 Å². The number of nitrogens with zero attached hydrogens (tertiary/aromatic N) is 5. The molecule has 3 rings (SSSR count). The smallest absolute Gasteiger partial charge is 0.248 e. The van der Waals surface area contributed by atoms with Gasteiger partial charge in [0.05, 0.1) is 5.70 Å². The van der Waals surface area contributed by atoms with Gasteiger partial charge < -0.3 is 10.2 Å². The van der Waals surface area contributed by atoms with E-state index in [0.29, 0.717) is 0 Å². The predicted molar refractivity (Wildman–Crippen MR) is 138 cm³/mol. The van der Waals surface area contributed by atoms with E-state index in [2.05, 4.69) is 86.5 Å². The maximum absolute atomic E-state index is 4.89. The SMILES string of the molecule is C/C=C1\C=C2NC(c3ccc(CC(C)(C)C)cc3)=NC(=NCCCN(C)C)N2N1C.CC. The third-order valence-electron chi connectivity index (χ3n) is 5.11. The Kier molecular flexibility index (Phi) is 9.08. The molecule has 1 N–H and O–H groups in total. The van der Waals surface area contributed by atoms with Gasteiger partial charge in [-0.2, -0.15) is 4.99 Å². The van der Waals surface area contributed by atoms with E-state index in [1.807, 2.05) is 32.8 Å². The fraction of sp³-hybridized carbons (Fsp3) is 0.538. The highest BCUT2D eigenvalue weighted by atomic mass is 15.7. The van der Waals surface area contributed by atoms with Crippen LogP contribution >= 0.6 is 0 Å². The number of nitrogens with one attached hydrogen (secondary N) is 1. The molecule has 1 aromatic carbocycles. The minimum absolute atomic E-state index is 0.275. The first-order valence-corrected chi connectivity index (χ1v) is 11.7. The van der Waals surface area contributed by atoms with Crippen LogP contribution in [0.1, 0.15) is 59.1 Å². The number of fused-ring (bicyclic) bond motifs is 1. The van der Waals surface area contributed by atoms with Crippen molar-refractivity contribution in [2.24, 2.45) is 15.4 Å². The van der Waals surface area contributed by atoms with Gasteiger partial charge in [-0.3, -0.25) is 5.01 Å². The summed E-state index contributed by atoms with van der Waals surface area (Å²) in [5, 5.41) is 7.63. The van der Waals surface area contributed by atoms with Crippen LogP contribution < -0.4 is 5.32 Å². The molecular formula is C26H42N6. The molecule has 0 saturated carbocycles. The van der Waals surface area contributed by atoms with Crippen LogP contribution in [0, 0.1) is 5.41 Å². The Balaban J connectivity index is 0.00000176. The average molecular weight is 439 g/mol. The molecule has 1 aromatic rings. The van der Waals surface area contributed by atoms with Gasteiger partial charge in [-0.1, -0.05) is 65.0 Å². The standard InChI is InChI=1S/C24H36N6.C2H6/c1-8-20-16-21-26-22(19-12-10-18(11-13-19)17-24(2,3)4)27-23(30(21)29(20)7)25-14-9-15-28(5)6;1-2/h8,10-13,16H,9,14-15,17H2,1-7H3,(H,25,26,27);1-2H3/b20-8+;. The Bertz CT molecular complexity index is 869. The third-order valence-corrected chi connectivity index (χ3v) is 5.11. The molecule has 0 spiro atoms. The topological polar surface area (TPSA) is 46.5 Å². The van der Waals surface area contributed by atoms with Crippen LogP contribution in [0.25, 0.3) is 0 Å². The molecule has 2 aliphatic rings. The number of hydrazine groups is 1. The molecule has 0 fully saturated rings. The summed E-state index contributed by atoms with van der Waals surface area (Å²) in [6.45, 7) is 14.6. The van der Waals surface area contributed by atoms with Crippen LogP contribution in [0.2, 0.25) is 0 Å². The molecule has 0 radical (unpaired) electrons. The van der Waals surface area contributed by atoms with E-state index in [1.54, 1.807) is 0 Å². The molecule has 0 amide bonds. The lowest BCUT2D eigenvalue weighted by Crippen LogP contribution is -2.47. The lowest BCUT2D eigenvalue weighted by molar-refractivity contribution is 0.179. The number of hydrogen-bond acceptors (Lipinski definition) is 4. The van der Waals surface area contributed by atoms with Crippen LogP contribution in [0.15, 0.2) is 57.9 Å². The Morgan fingerprint density at radius 1 is 1.12 bits per heavy atom. The fourth-order valence-corrected chi connectivity index (χ4v) is 3.67. The van der Waals surface area contributed by atoms with Crippen molar-refractivity contribution in [3.8, 4) is 0 Å². The summed E-state index contributed by atoms with van der Waals surface area (Å²) in [6.07, 6.45) is 6.29. The van der Waals surface area contributed by atoms with Gasteiger partial charge in [-0.15, -0.1) is 0 Å². The molecule has 0 saturated heterocycles. The van der Waals surface area contributed by atoms with Crippen molar-refractivity contribution < 1.29 is 0 Å². The summed E-state index contributed by atoms with van der Waals surface area (Å²) in [4.78, 5) is 11.9. The molecule has 176 valence electrons. The highest BCUT2D eigenvalue weighted by Crippen LogP contribution is 2.27. The van der Waals surface area contributed by atoms with Gasteiger partial charge in [0, 0.05) is 25.2 Å². The quantitative estimate of drug-likeness (QED) is 0.644. The number of amidine groups is 1. The molecule has 6 nitrogen and oxygen atoms in total. The van der Waals surface area contributed by atoms with E-state index < -0.39 is 0 Å². The highest BCUT2D eigenvalue weighted by molar-refractivity contribution is 6.09. The van der Waals surface area contributed by atoms with Crippen LogP contribution in [0.3, 0.4) is 0 Å². The molecule has 2 heterocycles. The van der Waals surface area contributed by atoms with E-state index in [1.165, 1.54) is 5.56 Å². The second kappa shape index (κ2) is 11.3. The van der Waals surface area contributed by atoms with Crippen molar-refractivity contribution >= 4 is 11.8 Å². The van der Waals surface area contributed by atoms with Gasteiger partial charge in [0.2, 0.25) is 5.96 Å². The molecule has 6 heteroatoms. The molecule has 0 aromatic heterocycles. The van der Waals surface area contributed by atoms with Crippen LogP contribution in [-0.4, -0.2) is 60.9 Å². The van der Waals surface area contributed by atoms with E-state index in [9.17, 15) is 0 Å². The Morgan fingerprint density at radius 3 is 2.34 bits per heavy atom. The second-order valence-corrected chi connectivity index (χ2v) is 9.44. The molecule has 0 unspecified atom stereocenters. The summed E-state index contributed by atoms with van der Waals surface area (Å²) in [5.41, 5.74) is 3.82. The Labute approximate surface area is 195 Å². The van der Waals surface area contributed by atoms with Crippen molar-refractivity contribution in [3.05, 3.63) is 59.1 Å². The average Bonchev–Trinajstić information content (AvgIpc) is 3.07. The van der Waals surface area contributed by atoms with Gasteiger partial charge in [0.15, 0.2) is 0 Å². The number of hydrogen-bond donors (Lipinski definition) is 1. The molecular weight excluding hydrogens is 396 g/mol. The lowest BCUT2D eigenvalue weighted by atomic mass is 9.88. The van der Waals surface area contributed by atoms with Crippen molar-refractivity contribution in [3.63, 3.8) is 0 Å². The van der Waals surface area contributed by atoms with E-state index in [0.717, 1.165) is 54.8 Å². The Hall–Kier alpha value is -2.60. The van der Waals surface area contributed by atoms with E-state index in [4.69, 9.17) is 9.98 Å². The van der Waals surface area contributed by atoms with E-state index in [-0.39, 0.29) is 5.41 Å². The van der Waals surface area contributed by atoms with Crippen molar-refractivity contribution in [1.29, 1.82) is 0 Å². The minimum Gasteiger partial charge on any atom is -0.324 e. The van der Waals surface area contributed by atoms with Crippen molar-refractivity contribution in [1.82, 2.24) is 20.2 Å². The maximum atomic E-state index is 4.89. The number of rotatable bonds is 6. The summed E-state index contributed by atoms with van der Waals surface area (Å²) in [6, 6.07) is 8.72. The molecule has 32 heavy (non-hydrogen) atoms. The zero-order valence-corrected chi connectivity index (χ0v) is 21.5. The first kappa shape index (κ1) is 25.7. The summed E-state index contributed by atoms with van der Waals surface area (Å²) >= 11 is 0. The fourth-order valence-electron chi connectivity index (χ4n) is 3.67. The molecule has 0 aliphatic carbocycles. The second-order valence-electron chi connectivity index (χ2n) is 9.44. The molecule has 0 bridgehead atoms. The third kappa shape index (κ3) is 6.70. The van der Waals surface area contributed by atoms with Gasteiger partial charge in [-0.25, -0.2) is 10.0 Å². The number of allylic oxidation sites excluding steroid dienone is 2. The summed E-state index contributed by atoms with van der Waals surface area (Å²) < 4.78 is 0.